The van der Waals surface area contributed by atoms with Crippen molar-refractivity contribution in [2.24, 2.45) is 0 Å². The Bertz CT molecular complexity index is 761. The predicted octanol–water partition coefficient (Wildman–Crippen LogP) is 2.85. The zero-order valence-electron chi connectivity index (χ0n) is 13.7. The van der Waals surface area contributed by atoms with Crippen LogP contribution in [0.4, 0.5) is 11.4 Å². The topological polar surface area (TPSA) is 58.6 Å². The van der Waals surface area contributed by atoms with Gasteiger partial charge >= 0.3 is 0 Å². The number of benzene rings is 2. The molecule has 0 radical (unpaired) electrons. The number of hydrogen-bond donors (Lipinski definition) is 1. The molecule has 1 heterocycles. The Labute approximate surface area is 143 Å². The molecule has 2 aromatic carbocycles. The number of nitrogens with one attached hydrogen (secondary N) is 1. The maximum atomic E-state index is 12.3. The Balaban J connectivity index is 1.63. The van der Waals surface area contributed by atoms with Gasteiger partial charge in [0, 0.05) is 31.6 Å². The van der Waals surface area contributed by atoms with E-state index in [9.17, 15) is 8.42 Å². The molecule has 24 heavy (non-hydrogen) atoms. The molecular formula is C18H22N2O3S. The third-order valence-corrected chi connectivity index (χ3v) is 5.44. The summed E-state index contributed by atoms with van der Waals surface area (Å²) < 4.78 is 32.5. The number of sulfonamides is 1. The Hall–Kier alpha value is -2.05. The van der Waals surface area contributed by atoms with Gasteiger partial charge in [0.25, 0.3) is 0 Å². The zero-order chi connectivity index (χ0) is 17.0. The van der Waals surface area contributed by atoms with E-state index in [2.05, 4.69) is 9.62 Å². The van der Waals surface area contributed by atoms with Crippen molar-refractivity contribution >= 4 is 21.4 Å². The average molecular weight is 346 g/mol. The van der Waals surface area contributed by atoms with Gasteiger partial charge in [-0.3, -0.25) is 4.72 Å². The van der Waals surface area contributed by atoms with E-state index >= 15 is 0 Å². The molecule has 6 heteroatoms. The number of ether oxygens (including phenoxy) is 1. The summed E-state index contributed by atoms with van der Waals surface area (Å²) in [5.74, 6) is -0.0305. The van der Waals surface area contributed by atoms with E-state index in [-0.39, 0.29) is 11.9 Å². The lowest BCUT2D eigenvalue weighted by Crippen LogP contribution is -2.22. The number of methoxy groups -OCH3 is 1. The first-order valence-electron chi connectivity index (χ1n) is 7.98. The van der Waals surface area contributed by atoms with E-state index < -0.39 is 10.0 Å². The van der Waals surface area contributed by atoms with Gasteiger partial charge in [-0.15, -0.1) is 0 Å². The molecule has 2 aromatic rings. The van der Waals surface area contributed by atoms with Gasteiger partial charge in [0.1, 0.15) is 0 Å². The normalized spacial score (nSPS) is 17.9. The van der Waals surface area contributed by atoms with Crippen LogP contribution in [-0.4, -0.2) is 34.7 Å². The van der Waals surface area contributed by atoms with Gasteiger partial charge in [-0.2, -0.15) is 0 Å². The maximum absolute atomic E-state index is 12.3. The first-order chi connectivity index (χ1) is 11.6. The molecule has 1 fully saturated rings. The van der Waals surface area contributed by atoms with Crippen LogP contribution in [0.5, 0.6) is 0 Å². The summed E-state index contributed by atoms with van der Waals surface area (Å²) in [7, 11) is -1.68. The van der Waals surface area contributed by atoms with Gasteiger partial charge in [0.15, 0.2) is 0 Å². The monoisotopic (exact) mass is 346 g/mol. The summed E-state index contributed by atoms with van der Waals surface area (Å²) in [6.45, 7) is 1.83. The number of hydrogen-bond acceptors (Lipinski definition) is 4. The van der Waals surface area contributed by atoms with E-state index in [1.165, 1.54) is 0 Å². The predicted molar refractivity (Wildman–Crippen MR) is 96.8 cm³/mol. The molecule has 3 rings (SSSR count). The van der Waals surface area contributed by atoms with Crippen molar-refractivity contribution in [1.82, 2.24) is 0 Å². The first-order valence-corrected chi connectivity index (χ1v) is 9.63. The van der Waals surface area contributed by atoms with Crippen LogP contribution in [0.25, 0.3) is 0 Å². The summed E-state index contributed by atoms with van der Waals surface area (Å²) >= 11 is 0. The van der Waals surface area contributed by atoms with Crippen LogP contribution in [0.1, 0.15) is 12.0 Å². The highest BCUT2D eigenvalue weighted by atomic mass is 32.2. The molecule has 0 bridgehead atoms. The SMILES string of the molecule is CO[C@H]1CCN(c2ccc(NS(=O)(=O)Cc3ccccc3)cc2)C1. The fraction of sp³-hybridized carbons (Fsp3) is 0.333. The lowest BCUT2D eigenvalue weighted by atomic mass is 10.2. The van der Waals surface area contributed by atoms with Crippen LogP contribution in [0.3, 0.4) is 0 Å². The summed E-state index contributed by atoms with van der Waals surface area (Å²) in [5, 5.41) is 0. The molecule has 0 spiro atoms. The Morgan fingerprint density at radius 1 is 1.12 bits per heavy atom. The van der Waals surface area contributed by atoms with Gasteiger partial charge in [0.2, 0.25) is 10.0 Å². The molecule has 0 saturated carbocycles. The van der Waals surface area contributed by atoms with E-state index in [0.29, 0.717) is 5.69 Å². The van der Waals surface area contributed by atoms with Crippen molar-refractivity contribution in [3.05, 3.63) is 60.2 Å². The fourth-order valence-corrected chi connectivity index (χ4v) is 4.10. The van der Waals surface area contributed by atoms with Crippen LogP contribution in [0.15, 0.2) is 54.6 Å². The highest BCUT2D eigenvalue weighted by Gasteiger charge is 2.22. The Morgan fingerprint density at radius 2 is 1.83 bits per heavy atom. The molecule has 128 valence electrons. The van der Waals surface area contributed by atoms with Crippen molar-refractivity contribution < 1.29 is 13.2 Å². The zero-order valence-corrected chi connectivity index (χ0v) is 14.5. The fourth-order valence-electron chi connectivity index (χ4n) is 2.90. The molecule has 0 aliphatic carbocycles. The standard InChI is InChI=1S/C18H22N2O3S/c1-23-18-11-12-20(13-18)17-9-7-16(8-10-17)19-24(21,22)14-15-5-3-2-4-6-15/h2-10,18-19H,11-14H2,1H3/t18-/m0/s1. The first kappa shape index (κ1) is 16.8. The largest absolute Gasteiger partial charge is 0.380 e. The molecular weight excluding hydrogens is 324 g/mol. The van der Waals surface area contributed by atoms with Crippen LogP contribution in [0.2, 0.25) is 0 Å². The Kier molecular flexibility index (Phi) is 5.06. The van der Waals surface area contributed by atoms with Gasteiger partial charge in [-0.25, -0.2) is 8.42 Å². The minimum atomic E-state index is -3.42. The van der Waals surface area contributed by atoms with E-state index in [1.807, 2.05) is 42.5 Å². The third kappa shape index (κ3) is 4.27. The molecule has 1 saturated heterocycles. The number of anilines is 2. The smallest absolute Gasteiger partial charge is 0.236 e. The van der Waals surface area contributed by atoms with Crippen LogP contribution < -0.4 is 9.62 Å². The van der Waals surface area contributed by atoms with Crippen molar-refractivity contribution in [1.29, 1.82) is 0 Å². The van der Waals surface area contributed by atoms with Crippen molar-refractivity contribution in [3.8, 4) is 0 Å². The van der Waals surface area contributed by atoms with Crippen LogP contribution in [-0.2, 0) is 20.5 Å². The van der Waals surface area contributed by atoms with Crippen molar-refractivity contribution in [2.45, 2.75) is 18.3 Å². The second-order valence-corrected chi connectivity index (χ2v) is 7.71. The van der Waals surface area contributed by atoms with E-state index in [4.69, 9.17) is 4.74 Å². The molecule has 5 nitrogen and oxygen atoms in total. The minimum Gasteiger partial charge on any atom is -0.380 e. The molecule has 0 unspecified atom stereocenters. The molecule has 1 aliphatic heterocycles. The van der Waals surface area contributed by atoms with Gasteiger partial charge in [0.05, 0.1) is 11.9 Å². The number of rotatable bonds is 6. The van der Waals surface area contributed by atoms with E-state index in [0.717, 1.165) is 30.8 Å². The summed E-state index contributed by atoms with van der Waals surface area (Å²) in [6, 6.07) is 16.7. The highest BCUT2D eigenvalue weighted by Crippen LogP contribution is 2.24. The Morgan fingerprint density at radius 3 is 2.46 bits per heavy atom. The number of nitrogens with zero attached hydrogens (tertiary/aromatic N) is 1. The highest BCUT2D eigenvalue weighted by molar-refractivity contribution is 7.91. The lowest BCUT2D eigenvalue weighted by Gasteiger charge is -2.18. The molecule has 0 aromatic heterocycles. The lowest BCUT2D eigenvalue weighted by molar-refractivity contribution is 0.121. The summed E-state index contributed by atoms with van der Waals surface area (Å²) in [6.07, 6.45) is 1.29. The van der Waals surface area contributed by atoms with Crippen molar-refractivity contribution in [2.75, 3.05) is 29.8 Å². The average Bonchev–Trinajstić information content (AvgIpc) is 3.05. The quantitative estimate of drug-likeness (QED) is 0.874. The molecule has 1 atom stereocenters. The van der Waals surface area contributed by atoms with E-state index in [1.54, 1.807) is 19.2 Å². The minimum absolute atomic E-state index is 0.0305. The molecule has 1 aliphatic rings. The summed E-state index contributed by atoms with van der Waals surface area (Å²) in [5.41, 5.74) is 2.43. The second-order valence-electron chi connectivity index (χ2n) is 5.99. The van der Waals surface area contributed by atoms with Crippen LogP contribution in [0, 0.1) is 0 Å². The van der Waals surface area contributed by atoms with Crippen LogP contribution >= 0.6 is 0 Å². The summed E-state index contributed by atoms with van der Waals surface area (Å²) in [4.78, 5) is 2.25. The van der Waals surface area contributed by atoms with Gasteiger partial charge in [-0.1, -0.05) is 30.3 Å². The van der Waals surface area contributed by atoms with Gasteiger partial charge in [-0.05, 0) is 36.2 Å². The molecule has 1 N–H and O–H groups in total. The van der Waals surface area contributed by atoms with Gasteiger partial charge < -0.3 is 9.64 Å². The molecule has 0 amide bonds. The maximum Gasteiger partial charge on any atom is 0.236 e. The van der Waals surface area contributed by atoms with Crippen molar-refractivity contribution in [3.63, 3.8) is 0 Å². The third-order valence-electron chi connectivity index (χ3n) is 4.18. The second kappa shape index (κ2) is 7.23.